The van der Waals surface area contributed by atoms with Crippen LogP contribution in [0.3, 0.4) is 0 Å². The van der Waals surface area contributed by atoms with E-state index in [4.69, 9.17) is 76.6 Å². The molecule has 0 saturated carbocycles. The van der Waals surface area contributed by atoms with Crippen molar-refractivity contribution in [3.05, 3.63) is 217 Å². The molecule has 4 atom stereocenters. The first kappa shape index (κ1) is 96.5. The van der Waals surface area contributed by atoms with Crippen LogP contribution in [0.5, 0.6) is 0 Å². The zero-order valence-electron chi connectivity index (χ0n) is 59.3. The Morgan fingerprint density at radius 1 is 0.315 bits per heavy atom. The summed E-state index contributed by atoms with van der Waals surface area (Å²) in [6.07, 6.45) is 18.4. The number of nitrogens with zero attached hydrogens (tertiary/aromatic N) is 8. The molecule has 12 rings (SSSR count). The van der Waals surface area contributed by atoms with Crippen molar-refractivity contribution in [1.82, 2.24) is 39.5 Å². The third kappa shape index (κ3) is 31.4. The summed E-state index contributed by atoms with van der Waals surface area (Å²) in [5.41, 5.74) is -8.26. The van der Waals surface area contributed by atoms with Crippen LogP contribution in [0.1, 0.15) is 88.0 Å². The summed E-state index contributed by atoms with van der Waals surface area (Å²) in [5, 5.41) is 0. The van der Waals surface area contributed by atoms with Gasteiger partial charge >= 0.3 is 56.2 Å². The van der Waals surface area contributed by atoms with Crippen molar-refractivity contribution in [1.29, 1.82) is 0 Å². The van der Waals surface area contributed by atoms with Gasteiger partial charge < -0.3 is 22.9 Å². The zero-order chi connectivity index (χ0) is 80.4. The Hall–Kier alpha value is -6.88. The Morgan fingerprint density at radius 3 is 0.613 bits per heavy atom. The van der Waals surface area contributed by atoms with E-state index in [0.29, 0.717) is 24.2 Å². The van der Waals surface area contributed by atoms with Crippen molar-refractivity contribution in [2.45, 2.75) is 138 Å². The summed E-state index contributed by atoms with van der Waals surface area (Å²) in [5.74, 6) is 0. The summed E-state index contributed by atoms with van der Waals surface area (Å²) in [6, 6.07) is 62.2. The molecule has 111 heavy (non-hydrogen) atoms. The maximum Gasteiger partial charge on any atom is 2.00 e. The molecule has 4 fully saturated rings. The molecule has 0 N–H and O–H groups in total. The molecule has 8 heterocycles. The molecule has 2 radical (unpaired) electrons. The van der Waals surface area contributed by atoms with E-state index in [9.17, 15) is 52.7 Å². The smallest absolute Gasteiger partial charge is 0.741 e. The van der Waals surface area contributed by atoms with Crippen molar-refractivity contribution in [2.75, 3.05) is 39.4 Å². The van der Waals surface area contributed by atoms with E-state index in [2.05, 4.69) is 189 Å². The fraction of sp³-hybridized carbons (Fsp3) is 0.389. The second kappa shape index (κ2) is 44.1. The zero-order valence-corrected chi connectivity index (χ0v) is 64.9. The van der Waals surface area contributed by atoms with Gasteiger partial charge in [-0.05, 0) is 138 Å². The van der Waals surface area contributed by atoms with Gasteiger partial charge in [0.05, 0.1) is 22.8 Å². The number of likely N-dealkylation sites (tertiary alicyclic amines) is 4. The fourth-order valence-corrected chi connectivity index (χ4v) is 12.2. The van der Waals surface area contributed by atoms with Gasteiger partial charge in [-0.25, -0.2) is 33.7 Å². The van der Waals surface area contributed by atoms with E-state index < -0.39 is 62.5 Å². The van der Waals surface area contributed by atoms with Crippen molar-refractivity contribution in [3.63, 3.8) is 0 Å². The van der Waals surface area contributed by atoms with Crippen LogP contribution in [0.4, 0.5) is 52.7 Å². The van der Waals surface area contributed by atoms with Crippen LogP contribution in [-0.2, 0) is 106 Å². The van der Waals surface area contributed by atoms with Gasteiger partial charge in [0.2, 0.25) is 0 Å². The van der Waals surface area contributed by atoms with E-state index in [1.807, 2.05) is 38.6 Å². The Balaban J connectivity index is 0.000000320. The average Bonchev–Trinajstić information content (AvgIpc) is 1.68. The number of rotatable bonds is 16. The van der Waals surface area contributed by atoms with Crippen LogP contribution in [0, 0.1) is 0 Å². The Morgan fingerprint density at radius 2 is 0.486 bits per heavy atom. The van der Waals surface area contributed by atoms with Crippen molar-refractivity contribution in [3.8, 4) is 44.5 Å². The van der Waals surface area contributed by atoms with Gasteiger partial charge in [0.1, 0.15) is 0 Å². The number of halogens is 12. The van der Waals surface area contributed by atoms with Crippen LogP contribution < -0.4 is 0 Å². The summed E-state index contributed by atoms with van der Waals surface area (Å²) in [6.45, 7) is 14.1. The molecule has 4 aromatic heterocycles. The predicted molar refractivity (Wildman–Crippen MR) is 378 cm³/mol. The second-order valence-electron chi connectivity index (χ2n) is 24.7. The van der Waals surface area contributed by atoms with Crippen molar-refractivity contribution < 1.29 is 143 Å². The fourth-order valence-electron chi connectivity index (χ4n) is 12.2. The topological polar surface area (TPSA) is 303 Å². The number of hydrogen-bond acceptors (Lipinski definition) is 21. The molecule has 606 valence electrons. The Kier molecular flexibility index (Phi) is 38.4. The first-order chi connectivity index (χ1) is 51.1. The van der Waals surface area contributed by atoms with Crippen LogP contribution in [0.25, 0.3) is 44.5 Å². The van der Waals surface area contributed by atoms with E-state index in [1.54, 1.807) is 0 Å². The normalized spacial score (nSPS) is 17.8. The number of benzene rings is 4. The number of hydrogen-bond donors (Lipinski definition) is 0. The summed E-state index contributed by atoms with van der Waals surface area (Å²) in [7, 11) is -24.4. The van der Waals surface area contributed by atoms with E-state index >= 15 is 0 Å². The second-order valence-corrected chi connectivity index (χ2v) is 30.2. The molecule has 0 aliphatic carbocycles. The molecule has 0 amide bonds. The Bertz CT molecular complexity index is 3950. The maximum atomic E-state index is 10.7. The molecule has 4 saturated heterocycles. The van der Waals surface area contributed by atoms with E-state index in [0.717, 1.165) is 39.4 Å². The molecule has 4 aromatic carbocycles. The average molecular weight is 1730 g/mol. The third-order valence-corrected chi connectivity index (χ3v) is 19.5. The number of alkyl halides is 12. The van der Waals surface area contributed by atoms with Gasteiger partial charge in [0.15, 0.2) is 40.5 Å². The molecule has 8 aromatic rings. The molecular weight excluding hydrogens is 1650 g/mol. The molecule has 4 aliphatic heterocycles. The maximum absolute atomic E-state index is 10.7. The number of aromatic nitrogens is 4. The molecule has 0 bridgehead atoms. The molecule has 21 nitrogen and oxygen atoms in total. The molecule has 4 aliphatic rings. The van der Waals surface area contributed by atoms with E-state index in [-0.39, 0.29) is 34.1 Å². The van der Waals surface area contributed by atoms with Crippen LogP contribution in [0.15, 0.2) is 195 Å². The predicted octanol–water partition coefficient (Wildman–Crippen LogP) is 14.1. The van der Waals surface area contributed by atoms with Gasteiger partial charge in [0, 0.05) is 111 Å². The number of ether oxygens (including phenoxy) is 1. The van der Waals surface area contributed by atoms with Crippen LogP contribution >= 0.6 is 0 Å². The minimum atomic E-state index is -6.09. The molecule has 39 heteroatoms. The Labute approximate surface area is 658 Å². The summed E-state index contributed by atoms with van der Waals surface area (Å²) < 4.78 is 240. The summed E-state index contributed by atoms with van der Waals surface area (Å²) >= 11 is 0. The monoisotopic (exact) mass is 1730 g/mol. The first-order valence-electron chi connectivity index (χ1n) is 33.7. The summed E-state index contributed by atoms with van der Waals surface area (Å²) in [4.78, 5) is 30.1. The van der Waals surface area contributed by atoms with Gasteiger partial charge in [-0.2, -0.15) is 52.7 Å². The quantitative estimate of drug-likeness (QED) is 0.0375. The minimum absolute atomic E-state index is 0. The standard InChI is InChI=1S/2C32H34N4.C4H10O.4CHF3O3S.2Mn/c2*1-3-9-25(10-4-1)27-15-17-29(33-21-27)23-35-19-7-13-31(35)32-14-8-20-36(32)24-30-18-16-28(22-34-30)26-11-5-2-6-12-26;1-3-5-4-2;4*2-1(3,4)8(5,6)7;;/h2*1-6,9-12,15-18,21-22,31-32H,7-8,13-14,19-20,23-24H2;3-4H2,1-2H3;4*(H,5,6,7);;/q;;;;;;;2*+2/p-4/t2*31-,32-;;;;;;;/m00......./s1. The largest absolute Gasteiger partial charge is 2.00 e. The first-order valence-corrected chi connectivity index (χ1v) is 39.4. The van der Waals surface area contributed by atoms with Crippen molar-refractivity contribution >= 4 is 40.5 Å². The van der Waals surface area contributed by atoms with Crippen molar-refractivity contribution in [2.24, 2.45) is 0 Å². The molecule has 0 spiro atoms. The molecular formula is C72H78F12Mn2N8O13S4. The van der Waals surface area contributed by atoms with Gasteiger partial charge in [-0.3, -0.25) is 39.5 Å². The van der Waals surface area contributed by atoms with E-state index in [1.165, 1.54) is 145 Å². The SMILES string of the molecule is CCOCC.O=S(=O)([O-])C(F)(F)F.O=S(=O)([O-])C(F)(F)F.O=S(=O)([O-])C(F)(F)F.O=S(=O)([O-])C(F)(F)F.[Mn+2].[Mn+2].c1ccc(-c2ccc(CN3CCC[C@H]3[C@@H]3CCCN3Cc3ccc(-c4ccccc4)cn3)nc2)cc1.c1ccc(-c2ccc(CN3CCC[C@H]3[C@@H]3CCCN3Cc3ccc(-c4ccccc4)cn3)nc2)cc1. The third-order valence-electron chi connectivity index (χ3n) is 17.3. The van der Waals surface area contributed by atoms with Gasteiger partial charge in [-0.1, -0.05) is 146 Å². The number of pyridine rings is 4. The molecule has 0 unspecified atom stereocenters. The minimum Gasteiger partial charge on any atom is -0.741 e. The van der Waals surface area contributed by atoms with Crippen LogP contribution in [-0.4, -0.2) is 177 Å². The van der Waals surface area contributed by atoms with Gasteiger partial charge in [0.25, 0.3) is 0 Å². The van der Waals surface area contributed by atoms with Crippen LogP contribution in [0.2, 0.25) is 0 Å². The van der Waals surface area contributed by atoms with Gasteiger partial charge in [-0.15, -0.1) is 0 Å².